The molecule has 0 unspecified atom stereocenters. The molecule has 4 rings (SSSR count). The molecular formula is C29H35F2N5O2. The first kappa shape index (κ1) is 27.3. The van der Waals surface area contributed by atoms with Gasteiger partial charge in [0.25, 0.3) is 0 Å². The van der Waals surface area contributed by atoms with Crippen LogP contribution in [0.3, 0.4) is 0 Å². The number of fused-ring (bicyclic) bond motifs is 1. The number of hydrogen-bond donors (Lipinski definition) is 2. The van der Waals surface area contributed by atoms with Crippen LogP contribution in [0.2, 0.25) is 0 Å². The van der Waals surface area contributed by atoms with Crippen molar-refractivity contribution in [3.05, 3.63) is 64.4 Å². The van der Waals surface area contributed by atoms with Gasteiger partial charge in [-0.1, -0.05) is 45.9 Å². The van der Waals surface area contributed by atoms with E-state index >= 15 is 8.78 Å². The normalized spacial score (nSPS) is 14.2. The fourth-order valence-electron chi connectivity index (χ4n) is 5.32. The molecule has 0 spiro atoms. The third kappa shape index (κ3) is 4.66. The standard InChI is InChI=1S/C29H35F2N5O2/c1-7-17-10-9-11-18(8-2)25(17)36-26(19-13-22(31)23(14-21(19)30)33-28(32)38)20-15-35(24(37)12-16(3)4)29(5,6)27(20)34-36/h9-11,13-14,16H,7-8,12,15H2,1-6H3,(H3,32,33,38). The van der Waals surface area contributed by atoms with Gasteiger partial charge in [-0.25, -0.2) is 18.3 Å². The molecule has 0 bridgehead atoms. The van der Waals surface area contributed by atoms with Crippen LogP contribution in [0.15, 0.2) is 30.3 Å². The van der Waals surface area contributed by atoms with E-state index in [0.717, 1.165) is 28.9 Å². The number of rotatable bonds is 7. The molecular weight excluding hydrogens is 488 g/mol. The Kier molecular flexibility index (Phi) is 7.32. The lowest BCUT2D eigenvalue weighted by Crippen LogP contribution is -2.41. The van der Waals surface area contributed by atoms with Crippen molar-refractivity contribution in [1.29, 1.82) is 0 Å². The Morgan fingerprint density at radius 1 is 1.11 bits per heavy atom. The molecule has 7 nitrogen and oxygen atoms in total. The topological polar surface area (TPSA) is 93.2 Å². The number of hydrogen-bond acceptors (Lipinski definition) is 3. The zero-order chi connectivity index (χ0) is 27.9. The monoisotopic (exact) mass is 523 g/mol. The van der Waals surface area contributed by atoms with E-state index in [0.29, 0.717) is 36.2 Å². The third-order valence-corrected chi connectivity index (χ3v) is 7.18. The first-order valence-corrected chi connectivity index (χ1v) is 13.0. The quantitative estimate of drug-likeness (QED) is 0.394. The number of carbonyl (C=O) groups excluding carboxylic acids is 2. The molecule has 0 radical (unpaired) electrons. The largest absolute Gasteiger partial charge is 0.351 e. The lowest BCUT2D eigenvalue weighted by atomic mass is 9.97. The number of aromatic nitrogens is 2. The van der Waals surface area contributed by atoms with E-state index in [4.69, 9.17) is 10.8 Å². The van der Waals surface area contributed by atoms with Crippen molar-refractivity contribution < 1.29 is 18.4 Å². The fraction of sp³-hybridized carbons (Fsp3) is 0.414. The number of nitrogens with one attached hydrogen (secondary N) is 1. The molecule has 0 fully saturated rings. The van der Waals surface area contributed by atoms with Crippen LogP contribution in [0.4, 0.5) is 19.3 Å². The number of nitrogens with zero attached hydrogens (tertiary/aromatic N) is 3. The van der Waals surface area contributed by atoms with E-state index < -0.39 is 23.2 Å². The van der Waals surface area contributed by atoms with E-state index in [-0.39, 0.29) is 29.6 Å². The molecule has 3 amide bonds. The van der Waals surface area contributed by atoms with Crippen LogP contribution in [0.25, 0.3) is 16.9 Å². The van der Waals surface area contributed by atoms with Gasteiger partial charge in [0.05, 0.1) is 34.8 Å². The van der Waals surface area contributed by atoms with E-state index in [1.807, 2.05) is 59.7 Å². The molecule has 3 aromatic rings. The number of carbonyl (C=O) groups is 2. The summed E-state index contributed by atoms with van der Waals surface area (Å²) in [7, 11) is 0. The maximum Gasteiger partial charge on any atom is 0.316 e. The molecule has 202 valence electrons. The van der Waals surface area contributed by atoms with Gasteiger partial charge in [0.1, 0.15) is 11.6 Å². The Hall–Kier alpha value is -3.75. The summed E-state index contributed by atoms with van der Waals surface area (Å²) < 4.78 is 32.6. The first-order chi connectivity index (χ1) is 17.9. The minimum atomic E-state index is -0.993. The van der Waals surface area contributed by atoms with Crippen LogP contribution in [0.1, 0.15) is 70.3 Å². The number of aryl methyl sites for hydroxylation is 2. The summed E-state index contributed by atoms with van der Waals surface area (Å²) in [5, 5.41) is 7.13. The van der Waals surface area contributed by atoms with E-state index in [2.05, 4.69) is 5.32 Å². The molecule has 0 saturated carbocycles. The first-order valence-electron chi connectivity index (χ1n) is 13.0. The van der Waals surface area contributed by atoms with Gasteiger partial charge in [-0.05, 0) is 49.8 Å². The molecule has 3 N–H and O–H groups in total. The molecule has 1 aliphatic rings. The fourth-order valence-corrected chi connectivity index (χ4v) is 5.32. The van der Waals surface area contributed by atoms with Crippen LogP contribution in [-0.4, -0.2) is 26.6 Å². The second kappa shape index (κ2) is 10.2. The van der Waals surface area contributed by atoms with Crippen molar-refractivity contribution in [2.24, 2.45) is 11.7 Å². The van der Waals surface area contributed by atoms with Gasteiger partial charge in [0.2, 0.25) is 5.91 Å². The van der Waals surface area contributed by atoms with Crippen molar-refractivity contribution in [3.8, 4) is 16.9 Å². The highest BCUT2D eigenvalue weighted by Crippen LogP contribution is 2.45. The smallest absolute Gasteiger partial charge is 0.316 e. The lowest BCUT2D eigenvalue weighted by molar-refractivity contribution is -0.137. The number of anilines is 1. The molecule has 0 aliphatic carbocycles. The summed E-state index contributed by atoms with van der Waals surface area (Å²) in [4.78, 5) is 26.3. The lowest BCUT2D eigenvalue weighted by Gasteiger charge is -2.32. The van der Waals surface area contributed by atoms with Crippen LogP contribution < -0.4 is 11.1 Å². The molecule has 1 aliphatic heterocycles. The molecule has 0 saturated heterocycles. The highest BCUT2D eigenvalue weighted by molar-refractivity contribution is 5.88. The summed E-state index contributed by atoms with van der Waals surface area (Å²) in [6, 6.07) is 6.98. The van der Waals surface area contributed by atoms with Crippen molar-refractivity contribution in [1.82, 2.24) is 14.7 Å². The number of urea groups is 1. The number of primary amides is 1. The second-order valence-corrected chi connectivity index (χ2v) is 10.7. The maximum absolute atomic E-state index is 15.7. The molecule has 0 atom stereocenters. The van der Waals surface area contributed by atoms with Crippen molar-refractivity contribution >= 4 is 17.6 Å². The Morgan fingerprint density at radius 2 is 1.74 bits per heavy atom. The highest BCUT2D eigenvalue weighted by atomic mass is 19.1. The number of amides is 3. The number of para-hydroxylation sites is 1. The minimum absolute atomic E-state index is 0.00631. The van der Waals surface area contributed by atoms with Gasteiger partial charge in [0.15, 0.2) is 0 Å². The van der Waals surface area contributed by atoms with Crippen molar-refractivity contribution in [3.63, 3.8) is 0 Å². The molecule has 2 aromatic carbocycles. The average molecular weight is 524 g/mol. The summed E-state index contributed by atoms with van der Waals surface area (Å²) in [5.41, 5.74) is 8.61. The SMILES string of the molecule is CCc1cccc(CC)c1-n1nc2c(c1-c1cc(F)c(NC(N)=O)cc1F)CN(C(=O)CC(C)C)C2(C)C. The summed E-state index contributed by atoms with van der Waals surface area (Å²) in [6.07, 6.45) is 1.81. The molecule has 2 heterocycles. The van der Waals surface area contributed by atoms with Crippen molar-refractivity contribution in [2.45, 2.75) is 72.9 Å². The summed E-state index contributed by atoms with van der Waals surface area (Å²) in [5.74, 6) is -1.41. The summed E-state index contributed by atoms with van der Waals surface area (Å²) in [6.45, 7) is 12.1. The van der Waals surface area contributed by atoms with Gasteiger partial charge in [-0.2, -0.15) is 5.10 Å². The highest BCUT2D eigenvalue weighted by Gasteiger charge is 2.45. The van der Waals surface area contributed by atoms with Crippen molar-refractivity contribution in [2.75, 3.05) is 5.32 Å². The predicted molar refractivity (Wildman–Crippen MR) is 144 cm³/mol. The summed E-state index contributed by atoms with van der Waals surface area (Å²) >= 11 is 0. The minimum Gasteiger partial charge on any atom is -0.351 e. The van der Waals surface area contributed by atoms with Crippen LogP contribution in [-0.2, 0) is 29.7 Å². The van der Waals surface area contributed by atoms with E-state index in [9.17, 15) is 9.59 Å². The second-order valence-electron chi connectivity index (χ2n) is 10.7. The zero-order valence-electron chi connectivity index (χ0n) is 22.8. The number of nitrogens with two attached hydrogens (primary N) is 1. The Labute approximate surface area is 222 Å². The Balaban J connectivity index is 2.01. The number of benzene rings is 2. The van der Waals surface area contributed by atoms with Crippen LogP contribution >= 0.6 is 0 Å². The molecule has 1 aromatic heterocycles. The van der Waals surface area contributed by atoms with Crippen LogP contribution in [0, 0.1) is 17.6 Å². The third-order valence-electron chi connectivity index (χ3n) is 7.18. The Morgan fingerprint density at radius 3 is 2.29 bits per heavy atom. The molecule has 38 heavy (non-hydrogen) atoms. The Bertz CT molecular complexity index is 1390. The van der Waals surface area contributed by atoms with E-state index in [1.54, 1.807) is 9.58 Å². The van der Waals surface area contributed by atoms with Gasteiger partial charge in [-0.15, -0.1) is 0 Å². The van der Waals surface area contributed by atoms with Gasteiger partial charge >= 0.3 is 6.03 Å². The maximum atomic E-state index is 15.7. The average Bonchev–Trinajstić information content (AvgIpc) is 3.34. The predicted octanol–water partition coefficient (Wildman–Crippen LogP) is 6.06. The van der Waals surface area contributed by atoms with E-state index in [1.165, 1.54) is 0 Å². The zero-order valence-corrected chi connectivity index (χ0v) is 22.8. The van der Waals surface area contributed by atoms with Crippen LogP contribution in [0.5, 0.6) is 0 Å². The number of halogens is 2. The molecule has 9 heteroatoms. The van der Waals surface area contributed by atoms with Gasteiger partial charge < -0.3 is 16.0 Å². The van der Waals surface area contributed by atoms with Gasteiger partial charge in [0, 0.05) is 23.6 Å². The van der Waals surface area contributed by atoms with Gasteiger partial charge in [-0.3, -0.25) is 4.79 Å².